The predicted molar refractivity (Wildman–Crippen MR) is 62.8 cm³/mol. The highest BCUT2D eigenvalue weighted by molar-refractivity contribution is 7.91. The summed E-state index contributed by atoms with van der Waals surface area (Å²) in [6.45, 7) is 3.46. The number of sulfonamides is 1. The van der Waals surface area contributed by atoms with Gasteiger partial charge < -0.3 is 5.73 Å². The zero-order valence-electron chi connectivity index (χ0n) is 9.09. The van der Waals surface area contributed by atoms with Crippen molar-refractivity contribution in [1.82, 2.24) is 9.29 Å². The van der Waals surface area contributed by atoms with Crippen LogP contribution >= 0.6 is 11.3 Å². The molecule has 0 radical (unpaired) electrons. The van der Waals surface area contributed by atoms with E-state index in [1.54, 1.807) is 6.92 Å². The van der Waals surface area contributed by atoms with Gasteiger partial charge in [0.25, 0.3) is 10.0 Å². The normalized spacial score (nSPS) is 22.8. The van der Waals surface area contributed by atoms with E-state index in [0.717, 1.165) is 11.4 Å². The number of nitrogens with zero attached hydrogens (tertiary/aromatic N) is 2. The molecule has 1 aromatic rings. The summed E-state index contributed by atoms with van der Waals surface area (Å²) in [5, 5.41) is 0.771. The molecule has 1 unspecified atom stereocenters. The number of hydrogen-bond acceptors (Lipinski definition) is 5. The minimum Gasteiger partial charge on any atom is -0.330 e. The van der Waals surface area contributed by atoms with Gasteiger partial charge in [-0.3, -0.25) is 0 Å². The van der Waals surface area contributed by atoms with Crippen LogP contribution in [0.2, 0.25) is 0 Å². The fourth-order valence-corrected chi connectivity index (χ4v) is 4.59. The van der Waals surface area contributed by atoms with Gasteiger partial charge in [0, 0.05) is 13.1 Å². The summed E-state index contributed by atoms with van der Waals surface area (Å²) < 4.78 is 26.2. The molecule has 2 heterocycles. The SMILES string of the molecule is Cc1ncc(S(=O)(=O)N2CCC(CN)C2)s1. The van der Waals surface area contributed by atoms with Crippen LogP contribution < -0.4 is 5.73 Å². The van der Waals surface area contributed by atoms with Crippen molar-refractivity contribution >= 4 is 21.4 Å². The molecule has 1 atom stereocenters. The molecular weight excluding hydrogens is 246 g/mol. The molecule has 0 aliphatic carbocycles. The Labute approximate surface area is 99.3 Å². The fraction of sp³-hybridized carbons (Fsp3) is 0.667. The molecule has 0 aromatic carbocycles. The van der Waals surface area contributed by atoms with Crippen molar-refractivity contribution in [1.29, 1.82) is 0 Å². The highest BCUT2D eigenvalue weighted by Crippen LogP contribution is 2.26. The summed E-state index contributed by atoms with van der Waals surface area (Å²) in [4.78, 5) is 3.98. The van der Waals surface area contributed by atoms with Gasteiger partial charge in [-0.25, -0.2) is 13.4 Å². The van der Waals surface area contributed by atoms with Crippen molar-refractivity contribution in [3.63, 3.8) is 0 Å². The van der Waals surface area contributed by atoms with Gasteiger partial charge in [0.1, 0.15) is 0 Å². The van der Waals surface area contributed by atoms with E-state index in [1.807, 2.05) is 0 Å². The topological polar surface area (TPSA) is 76.3 Å². The zero-order chi connectivity index (χ0) is 11.8. The second-order valence-corrected chi connectivity index (χ2v) is 7.35. The second kappa shape index (κ2) is 4.40. The van der Waals surface area contributed by atoms with Gasteiger partial charge >= 0.3 is 0 Å². The first-order valence-corrected chi connectivity index (χ1v) is 7.42. The highest BCUT2D eigenvalue weighted by Gasteiger charge is 2.32. The van der Waals surface area contributed by atoms with Crippen LogP contribution in [0.3, 0.4) is 0 Å². The lowest BCUT2D eigenvalue weighted by Crippen LogP contribution is -2.29. The van der Waals surface area contributed by atoms with E-state index in [0.29, 0.717) is 29.8 Å². The van der Waals surface area contributed by atoms with E-state index in [4.69, 9.17) is 5.73 Å². The number of hydrogen-bond donors (Lipinski definition) is 1. The van der Waals surface area contributed by atoms with Crippen LogP contribution in [-0.4, -0.2) is 37.3 Å². The average Bonchev–Trinajstić information content (AvgIpc) is 2.85. The molecule has 1 fully saturated rings. The molecule has 0 saturated carbocycles. The van der Waals surface area contributed by atoms with Crippen LogP contribution in [0.4, 0.5) is 0 Å². The summed E-state index contributed by atoms with van der Waals surface area (Å²) in [5.74, 6) is 0.295. The van der Waals surface area contributed by atoms with Gasteiger partial charge in [0.2, 0.25) is 0 Å². The summed E-state index contributed by atoms with van der Waals surface area (Å²) in [5.41, 5.74) is 5.55. The first-order chi connectivity index (χ1) is 7.54. The van der Waals surface area contributed by atoms with Crippen molar-refractivity contribution < 1.29 is 8.42 Å². The van der Waals surface area contributed by atoms with Gasteiger partial charge in [0.15, 0.2) is 4.21 Å². The Balaban J connectivity index is 2.21. The van der Waals surface area contributed by atoms with Gasteiger partial charge in [-0.05, 0) is 25.8 Å². The lowest BCUT2D eigenvalue weighted by atomic mass is 10.1. The molecule has 1 aliphatic heterocycles. The van der Waals surface area contributed by atoms with E-state index in [2.05, 4.69) is 4.98 Å². The summed E-state index contributed by atoms with van der Waals surface area (Å²) in [6.07, 6.45) is 2.29. The summed E-state index contributed by atoms with van der Waals surface area (Å²) in [7, 11) is -3.33. The standard InChI is InChI=1S/C9H15N3O2S2/c1-7-11-5-9(15-7)16(13,14)12-3-2-8(4-10)6-12/h5,8H,2-4,6,10H2,1H3. The Morgan fingerprint density at radius 3 is 2.94 bits per heavy atom. The molecule has 2 N–H and O–H groups in total. The smallest absolute Gasteiger partial charge is 0.254 e. The molecule has 1 aliphatic rings. The van der Waals surface area contributed by atoms with E-state index in [1.165, 1.54) is 21.8 Å². The quantitative estimate of drug-likeness (QED) is 0.855. The third kappa shape index (κ3) is 2.13. The Morgan fingerprint density at radius 2 is 2.44 bits per heavy atom. The van der Waals surface area contributed by atoms with Crippen LogP contribution in [0.1, 0.15) is 11.4 Å². The number of aromatic nitrogens is 1. The van der Waals surface area contributed by atoms with Gasteiger partial charge in [0.05, 0.1) is 11.2 Å². The van der Waals surface area contributed by atoms with E-state index < -0.39 is 10.0 Å². The molecule has 7 heteroatoms. The van der Waals surface area contributed by atoms with Gasteiger partial charge in [-0.2, -0.15) is 4.31 Å². The number of thiazole rings is 1. The molecule has 1 saturated heterocycles. The number of aryl methyl sites for hydroxylation is 1. The third-order valence-corrected chi connectivity index (χ3v) is 5.99. The van der Waals surface area contributed by atoms with Crippen LogP contribution in [-0.2, 0) is 10.0 Å². The van der Waals surface area contributed by atoms with E-state index >= 15 is 0 Å². The Morgan fingerprint density at radius 1 is 1.69 bits per heavy atom. The lowest BCUT2D eigenvalue weighted by molar-refractivity contribution is 0.460. The minimum atomic E-state index is -3.33. The second-order valence-electron chi connectivity index (χ2n) is 3.95. The van der Waals surface area contributed by atoms with Crippen molar-refractivity contribution in [3.8, 4) is 0 Å². The molecule has 0 spiro atoms. The monoisotopic (exact) mass is 261 g/mol. The minimum absolute atomic E-state index is 0.295. The largest absolute Gasteiger partial charge is 0.330 e. The van der Waals surface area contributed by atoms with Gasteiger partial charge in [-0.15, -0.1) is 11.3 Å². The van der Waals surface area contributed by atoms with Crippen molar-refractivity contribution in [2.24, 2.45) is 11.7 Å². The fourth-order valence-electron chi connectivity index (χ4n) is 1.80. The maximum Gasteiger partial charge on any atom is 0.254 e. The number of nitrogens with two attached hydrogens (primary N) is 1. The van der Waals surface area contributed by atoms with Crippen molar-refractivity contribution in [2.75, 3.05) is 19.6 Å². The Bertz CT molecular complexity index is 469. The van der Waals surface area contributed by atoms with Crippen molar-refractivity contribution in [3.05, 3.63) is 11.2 Å². The first-order valence-electron chi connectivity index (χ1n) is 5.16. The van der Waals surface area contributed by atoms with Crippen LogP contribution in [0, 0.1) is 12.8 Å². The van der Waals surface area contributed by atoms with E-state index in [9.17, 15) is 8.42 Å². The van der Waals surface area contributed by atoms with E-state index in [-0.39, 0.29) is 0 Å². The Kier molecular flexibility index (Phi) is 3.29. The highest BCUT2D eigenvalue weighted by atomic mass is 32.2. The molecule has 5 nitrogen and oxygen atoms in total. The first kappa shape index (κ1) is 12.0. The zero-order valence-corrected chi connectivity index (χ0v) is 10.7. The van der Waals surface area contributed by atoms with Crippen LogP contribution in [0.25, 0.3) is 0 Å². The average molecular weight is 261 g/mol. The molecule has 0 amide bonds. The summed E-state index contributed by atoms with van der Waals surface area (Å²) >= 11 is 1.22. The summed E-state index contributed by atoms with van der Waals surface area (Å²) in [6, 6.07) is 0. The third-order valence-electron chi connectivity index (χ3n) is 2.78. The lowest BCUT2D eigenvalue weighted by Gasteiger charge is -2.14. The van der Waals surface area contributed by atoms with Crippen molar-refractivity contribution in [2.45, 2.75) is 17.6 Å². The molecule has 1 aromatic heterocycles. The van der Waals surface area contributed by atoms with Crippen LogP contribution in [0.15, 0.2) is 10.4 Å². The van der Waals surface area contributed by atoms with Gasteiger partial charge in [-0.1, -0.05) is 0 Å². The molecule has 2 rings (SSSR count). The Hall–Kier alpha value is -0.500. The maximum atomic E-state index is 12.2. The number of rotatable bonds is 3. The van der Waals surface area contributed by atoms with Crippen LogP contribution in [0.5, 0.6) is 0 Å². The molecular formula is C9H15N3O2S2. The molecule has 0 bridgehead atoms. The molecule has 16 heavy (non-hydrogen) atoms. The predicted octanol–water partition coefficient (Wildman–Crippen LogP) is 0.421. The maximum absolute atomic E-state index is 12.2. The molecule has 90 valence electrons.